The Morgan fingerprint density at radius 2 is 1.81 bits per heavy atom. The number of benzene rings is 2. The number of hydrogen-bond acceptors (Lipinski definition) is 2. The molecule has 4 rings (SSSR count). The maximum absolute atomic E-state index is 12.4. The van der Waals surface area contributed by atoms with Crippen molar-refractivity contribution < 1.29 is 4.79 Å². The van der Waals surface area contributed by atoms with E-state index in [4.69, 9.17) is 0 Å². The van der Waals surface area contributed by atoms with Gasteiger partial charge in [0.2, 0.25) is 0 Å². The maximum atomic E-state index is 12.4. The van der Waals surface area contributed by atoms with Gasteiger partial charge in [-0.3, -0.25) is 4.99 Å². The van der Waals surface area contributed by atoms with E-state index in [1.807, 2.05) is 30.1 Å². The molecule has 2 aliphatic rings. The Hall–Kier alpha value is -3.02. The molecular formula is C26H35N5O. The van der Waals surface area contributed by atoms with Gasteiger partial charge in [-0.05, 0) is 54.4 Å². The predicted molar refractivity (Wildman–Crippen MR) is 131 cm³/mol. The zero-order valence-electron chi connectivity index (χ0n) is 19.3. The molecule has 2 aromatic carbocycles. The summed E-state index contributed by atoms with van der Waals surface area (Å²) in [5, 5.41) is 6.55. The number of guanidine groups is 1. The van der Waals surface area contributed by atoms with Crippen LogP contribution in [-0.2, 0) is 6.54 Å². The molecule has 2 unspecified atom stereocenters. The predicted octanol–water partition coefficient (Wildman–Crippen LogP) is 4.52. The molecule has 2 atom stereocenters. The van der Waals surface area contributed by atoms with Gasteiger partial charge in [0, 0.05) is 45.5 Å². The number of carbonyl (C=O) groups excluding carboxylic acids is 1. The number of amides is 2. The van der Waals surface area contributed by atoms with Gasteiger partial charge in [0.15, 0.2) is 5.96 Å². The van der Waals surface area contributed by atoms with Gasteiger partial charge < -0.3 is 20.4 Å². The molecule has 2 saturated heterocycles. The third-order valence-electron chi connectivity index (χ3n) is 6.67. The Bertz CT molecular complexity index is 923. The summed E-state index contributed by atoms with van der Waals surface area (Å²) in [7, 11) is 1.85. The molecule has 2 N–H and O–H groups in total. The molecule has 32 heavy (non-hydrogen) atoms. The molecule has 6 nitrogen and oxygen atoms in total. The van der Waals surface area contributed by atoms with Crippen molar-refractivity contribution in [2.45, 2.75) is 38.6 Å². The molecule has 2 heterocycles. The largest absolute Gasteiger partial charge is 0.352 e. The van der Waals surface area contributed by atoms with Gasteiger partial charge in [-0.15, -0.1) is 0 Å². The Morgan fingerprint density at radius 3 is 2.53 bits per heavy atom. The number of anilines is 1. The van der Waals surface area contributed by atoms with E-state index in [1.54, 1.807) is 0 Å². The second-order valence-corrected chi connectivity index (χ2v) is 8.95. The molecule has 0 radical (unpaired) electrons. The van der Waals surface area contributed by atoms with Gasteiger partial charge in [0.05, 0.1) is 0 Å². The minimum Gasteiger partial charge on any atom is -0.352 e. The normalized spacial score (nSPS) is 21.5. The zero-order chi connectivity index (χ0) is 22.3. The van der Waals surface area contributed by atoms with Crippen molar-refractivity contribution in [1.29, 1.82) is 0 Å². The highest BCUT2D eigenvalue weighted by molar-refractivity contribution is 5.89. The molecule has 2 aromatic rings. The van der Waals surface area contributed by atoms with Crippen LogP contribution in [0.3, 0.4) is 0 Å². The van der Waals surface area contributed by atoms with Crippen molar-refractivity contribution in [3.8, 4) is 0 Å². The smallest absolute Gasteiger partial charge is 0.321 e. The van der Waals surface area contributed by atoms with E-state index in [0.717, 1.165) is 62.7 Å². The fourth-order valence-corrected chi connectivity index (χ4v) is 4.93. The summed E-state index contributed by atoms with van der Waals surface area (Å²) < 4.78 is 0. The fraction of sp³-hybridized carbons (Fsp3) is 0.462. The Labute approximate surface area is 191 Å². The third-order valence-corrected chi connectivity index (χ3v) is 6.67. The van der Waals surface area contributed by atoms with Crippen LogP contribution in [0.25, 0.3) is 0 Å². The molecule has 2 aliphatic heterocycles. The minimum atomic E-state index is -0.00121. The highest BCUT2D eigenvalue weighted by atomic mass is 16.2. The summed E-state index contributed by atoms with van der Waals surface area (Å²) in [5.41, 5.74) is 3.40. The van der Waals surface area contributed by atoms with Crippen LogP contribution < -0.4 is 10.6 Å². The fourth-order valence-electron chi connectivity index (χ4n) is 4.93. The van der Waals surface area contributed by atoms with Gasteiger partial charge >= 0.3 is 6.03 Å². The number of hydrogen-bond donors (Lipinski definition) is 2. The maximum Gasteiger partial charge on any atom is 0.321 e. The van der Waals surface area contributed by atoms with Crippen LogP contribution in [0.15, 0.2) is 59.6 Å². The van der Waals surface area contributed by atoms with Crippen molar-refractivity contribution in [2.75, 3.05) is 38.5 Å². The lowest BCUT2D eigenvalue weighted by Gasteiger charge is -2.39. The second-order valence-electron chi connectivity index (χ2n) is 8.95. The van der Waals surface area contributed by atoms with Crippen LogP contribution in [0.2, 0.25) is 0 Å². The van der Waals surface area contributed by atoms with Crippen LogP contribution in [0.1, 0.15) is 43.2 Å². The minimum absolute atomic E-state index is 0.00121. The van der Waals surface area contributed by atoms with E-state index >= 15 is 0 Å². The monoisotopic (exact) mass is 433 g/mol. The average Bonchev–Trinajstić information content (AvgIpc) is 3.36. The van der Waals surface area contributed by atoms with Crippen LogP contribution in [0.4, 0.5) is 10.5 Å². The van der Waals surface area contributed by atoms with Crippen LogP contribution >= 0.6 is 0 Å². The van der Waals surface area contributed by atoms with Crippen molar-refractivity contribution in [3.63, 3.8) is 0 Å². The lowest BCUT2D eigenvalue weighted by atomic mass is 9.82. The van der Waals surface area contributed by atoms with Gasteiger partial charge in [-0.25, -0.2) is 4.79 Å². The molecular weight excluding hydrogens is 398 g/mol. The topological polar surface area (TPSA) is 60.0 Å². The lowest BCUT2D eigenvalue weighted by molar-refractivity contribution is 0.222. The molecule has 2 amide bonds. The summed E-state index contributed by atoms with van der Waals surface area (Å²) in [6.45, 7) is 6.70. The number of piperidine rings is 1. The van der Waals surface area contributed by atoms with E-state index in [1.165, 1.54) is 5.56 Å². The standard InChI is InChI=1S/C26H35N5O/c1-20-19-31(16-13-24(20)22-10-4-3-5-11-22)25(27-2)28-18-21-9-8-12-23(17-21)29-26(32)30-14-6-7-15-30/h3-5,8-12,17,20,24H,6-7,13-16,18-19H2,1-2H3,(H,27,28)(H,29,32). The summed E-state index contributed by atoms with van der Waals surface area (Å²) in [5.74, 6) is 2.10. The van der Waals surface area contributed by atoms with Crippen molar-refractivity contribution >= 4 is 17.7 Å². The van der Waals surface area contributed by atoms with Crippen LogP contribution in [0.5, 0.6) is 0 Å². The summed E-state index contributed by atoms with van der Waals surface area (Å²) in [4.78, 5) is 21.2. The Balaban J connectivity index is 1.31. The van der Waals surface area contributed by atoms with E-state index < -0.39 is 0 Å². The molecule has 0 aliphatic carbocycles. The molecule has 0 saturated carbocycles. The molecule has 0 bridgehead atoms. The molecule has 170 valence electrons. The van der Waals surface area contributed by atoms with Crippen molar-refractivity contribution in [3.05, 3.63) is 65.7 Å². The van der Waals surface area contributed by atoms with Gasteiger partial charge in [0.25, 0.3) is 0 Å². The van der Waals surface area contributed by atoms with Crippen LogP contribution in [0, 0.1) is 5.92 Å². The van der Waals surface area contributed by atoms with E-state index in [2.05, 4.69) is 63.8 Å². The van der Waals surface area contributed by atoms with Gasteiger partial charge in [-0.1, -0.05) is 49.4 Å². The van der Waals surface area contributed by atoms with Crippen LogP contribution in [-0.4, -0.2) is 55.0 Å². The number of nitrogens with one attached hydrogen (secondary N) is 2. The first-order chi connectivity index (χ1) is 15.6. The lowest BCUT2D eigenvalue weighted by Crippen LogP contribution is -2.47. The number of carbonyl (C=O) groups is 1. The Morgan fingerprint density at radius 1 is 1.03 bits per heavy atom. The first-order valence-corrected chi connectivity index (χ1v) is 11.8. The number of likely N-dealkylation sites (tertiary alicyclic amines) is 2. The molecule has 0 spiro atoms. The summed E-state index contributed by atoms with van der Waals surface area (Å²) in [6.07, 6.45) is 3.32. The van der Waals surface area contributed by atoms with Gasteiger partial charge in [0.1, 0.15) is 0 Å². The molecule has 2 fully saturated rings. The average molecular weight is 434 g/mol. The van der Waals surface area contributed by atoms with Gasteiger partial charge in [-0.2, -0.15) is 0 Å². The zero-order valence-corrected chi connectivity index (χ0v) is 19.3. The Kier molecular flexibility index (Phi) is 7.30. The number of rotatable bonds is 4. The highest BCUT2D eigenvalue weighted by Crippen LogP contribution is 2.32. The second kappa shape index (κ2) is 10.5. The summed E-state index contributed by atoms with van der Waals surface area (Å²) in [6, 6.07) is 18.9. The number of urea groups is 1. The summed E-state index contributed by atoms with van der Waals surface area (Å²) >= 11 is 0. The molecule has 0 aromatic heterocycles. The quantitative estimate of drug-likeness (QED) is 0.551. The van der Waals surface area contributed by atoms with Crippen molar-refractivity contribution in [1.82, 2.24) is 15.1 Å². The van der Waals surface area contributed by atoms with E-state index in [9.17, 15) is 4.79 Å². The van der Waals surface area contributed by atoms with E-state index in [-0.39, 0.29) is 6.03 Å². The SMILES string of the molecule is CN=C(NCc1cccc(NC(=O)N2CCCC2)c1)N1CCC(c2ccccc2)C(C)C1. The first-order valence-electron chi connectivity index (χ1n) is 11.8. The first kappa shape index (κ1) is 22.2. The highest BCUT2D eigenvalue weighted by Gasteiger charge is 2.28. The van der Waals surface area contributed by atoms with Crippen molar-refractivity contribution in [2.24, 2.45) is 10.9 Å². The van der Waals surface area contributed by atoms with E-state index in [0.29, 0.717) is 18.4 Å². The number of nitrogens with zero attached hydrogens (tertiary/aromatic N) is 3. The number of aliphatic imine (C=N–C) groups is 1. The molecule has 6 heteroatoms. The third kappa shape index (κ3) is 5.42.